The normalized spacial score (nSPS) is 20.0. The van der Waals surface area contributed by atoms with Crippen LogP contribution in [0.5, 0.6) is 0 Å². The zero-order valence-corrected chi connectivity index (χ0v) is 18.4. The zero-order valence-electron chi connectivity index (χ0n) is 17.6. The molecule has 2 aliphatic rings. The largest absolute Gasteiger partial charge is 0.369 e. The van der Waals surface area contributed by atoms with E-state index in [1.165, 1.54) is 0 Å². The van der Waals surface area contributed by atoms with Crippen molar-refractivity contribution in [1.29, 1.82) is 0 Å². The van der Waals surface area contributed by atoms with Crippen LogP contribution in [-0.4, -0.2) is 47.1 Å². The first-order valence-electron chi connectivity index (χ1n) is 10.6. The van der Waals surface area contributed by atoms with Crippen molar-refractivity contribution in [2.24, 2.45) is 16.8 Å². The number of hydrogen-bond acceptors (Lipinski definition) is 4. The number of aryl methyl sites for hydroxylation is 1. The van der Waals surface area contributed by atoms with Crippen LogP contribution in [0.3, 0.4) is 0 Å². The van der Waals surface area contributed by atoms with Gasteiger partial charge in [0.25, 0.3) is 5.91 Å². The van der Waals surface area contributed by atoms with Gasteiger partial charge in [0.2, 0.25) is 5.91 Å². The maximum absolute atomic E-state index is 13.3. The first-order chi connectivity index (χ1) is 14.9. The molecule has 0 saturated carbocycles. The summed E-state index contributed by atoms with van der Waals surface area (Å²) in [6.07, 6.45) is 2.04. The lowest BCUT2D eigenvalue weighted by Crippen LogP contribution is -2.43. The number of carbonyl (C=O) groups is 2. The Kier molecular flexibility index (Phi) is 6.39. The topological polar surface area (TPSA) is 79.0 Å². The van der Waals surface area contributed by atoms with Crippen LogP contribution in [0.4, 0.5) is 0 Å². The number of piperidine rings is 1. The standard InChI is InChI=1S/C24H27ClN4O2/c1-16-3-2-4-19(13-16)21-14-22(17-5-7-20(25)8-6-17)29(27-21)23(30)15-28-11-9-18(10-12-28)24(26)31/h2-8,13,18,22H,9-12,14-15H2,1H3,(H2,26,31). The summed E-state index contributed by atoms with van der Waals surface area (Å²) in [5, 5.41) is 7.04. The third-order valence-corrected chi connectivity index (χ3v) is 6.37. The molecule has 162 valence electrons. The average Bonchev–Trinajstić information content (AvgIpc) is 3.20. The van der Waals surface area contributed by atoms with E-state index in [-0.39, 0.29) is 30.3 Å². The summed E-state index contributed by atoms with van der Waals surface area (Å²) in [5.41, 5.74) is 9.54. The molecule has 6 nitrogen and oxygen atoms in total. The number of benzene rings is 2. The summed E-state index contributed by atoms with van der Waals surface area (Å²) < 4.78 is 0. The van der Waals surface area contributed by atoms with Gasteiger partial charge in [0.05, 0.1) is 18.3 Å². The van der Waals surface area contributed by atoms with Gasteiger partial charge in [-0.3, -0.25) is 14.5 Å². The highest BCUT2D eigenvalue weighted by atomic mass is 35.5. The van der Waals surface area contributed by atoms with Crippen molar-refractivity contribution in [3.63, 3.8) is 0 Å². The van der Waals surface area contributed by atoms with Crippen molar-refractivity contribution >= 4 is 29.1 Å². The number of amides is 2. The van der Waals surface area contributed by atoms with E-state index in [4.69, 9.17) is 22.4 Å². The third kappa shape index (κ3) is 4.97. The molecular weight excluding hydrogens is 412 g/mol. The van der Waals surface area contributed by atoms with Crippen LogP contribution < -0.4 is 5.73 Å². The Bertz CT molecular complexity index is 997. The van der Waals surface area contributed by atoms with Crippen LogP contribution in [-0.2, 0) is 9.59 Å². The Balaban J connectivity index is 1.54. The second-order valence-electron chi connectivity index (χ2n) is 8.38. The van der Waals surface area contributed by atoms with Gasteiger partial charge in [-0.25, -0.2) is 5.01 Å². The molecule has 0 bridgehead atoms. The van der Waals surface area contributed by atoms with Crippen molar-refractivity contribution in [2.45, 2.75) is 32.2 Å². The molecule has 2 aromatic carbocycles. The average molecular weight is 439 g/mol. The van der Waals surface area contributed by atoms with Gasteiger partial charge in [-0.05, 0) is 56.1 Å². The molecule has 0 spiro atoms. The lowest BCUT2D eigenvalue weighted by Gasteiger charge is -2.31. The molecule has 1 fully saturated rings. The lowest BCUT2D eigenvalue weighted by molar-refractivity contribution is -0.134. The predicted octanol–water partition coefficient (Wildman–Crippen LogP) is 3.52. The van der Waals surface area contributed by atoms with Crippen LogP contribution in [0.15, 0.2) is 53.6 Å². The molecule has 2 aromatic rings. The highest BCUT2D eigenvalue weighted by Gasteiger charge is 2.34. The molecule has 1 saturated heterocycles. The number of likely N-dealkylation sites (tertiary alicyclic amines) is 1. The van der Waals surface area contributed by atoms with Crippen LogP contribution in [0.2, 0.25) is 5.02 Å². The predicted molar refractivity (Wildman–Crippen MR) is 122 cm³/mol. The number of hydrazone groups is 1. The molecule has 2 N–H and O–H groups in total. The first-order valence-corrected chi connectivity index (χ1v) is 11.0. The molecule has 2 aliphatic heterocycles. The fourth-order valence-electron chi connectivity index (χ4n) is 4.32. The fourth-order valence-corrected chi connectivity index (χ4v) is 4.45. The monoisotopic (exact) mass is 438 g/mol. The third-order valence-electron chi connectivity index (χ3n) is 6.12. The maximum atomic E-state index is 13.3. The Labute approximate surface area is 187 Å². The van der Waals surface area contributed by atoms with Crippen molar-refractivity contribution in [1.82, 2.24) is 9.91 Å². The number of nitrogens with two attached hydrogens (primary N) is 1. The summed E-state index contributed by atoms with van der Waals surface area (Å²) >= 11 is 6.07. The Morgan fingerprint density at radius 1 is 1.13 bits per heavy atom. The van der Waals surface area contributed by atoms with Crippen molar-refractivity contribution in [3.05, 3.63) is 70.2 Å². The Hall–Kier alpha value is -2.70. The van der Waals surface area contributed by atoms with Crippen molar-refractivity contribution in [2.75, 3.05) is 19.6 Å². The van der Waals surface area contributed by atoms with Gasteiger partial charge in [0.1, 0.15) is 0 Å². The van der Waals surface area contributed by atoms with E-state index >= 15 is 0 Å². The van der Waals surface area contributed by atoms with Gasteiger partial charge in [-0.2, -0.15) is 5.10 Å². The molecule has 0 aromatic heterocycles. The summed E-state index contributed by atoms with van der Waals surface area (Å²) in [6.45, 7) is 3.70. The van der Waals surface area contributed by atoms with Crippen LogP contribution >= 0.6 is 11.6 Å². The second-order valence-corrected chi connectivity index (χ2v) is 8.82. The summed E-state index contributed by atoms with van der Waals surface area (Å²) in [7, 11) is 0. The molecule has 1 atom stereocenters. The minimum Gasteiger partial charge on any atom is -0.369 e. The second kappa shape index (κ2) is 9.20. The van der Waals surface area contributed by atoms with E-state index in [0.29, 0.717) is 37.4 Å². The van der Waals surface area contributed by atoms with Gasteiger partial charge in [-0.15, -0.1) is 0 Å². The Morgan fingerprint density at radius 2 is 1.84 bits per heavy atom. The van der Waals surface area contributed by atoms with E-state index < -0.39 is 0 Å². The fraction of sp³-hybridized carbons (Fsp3) is 0.375. The Morgan fingerprint density at radius 3 is 2.48 bits per heavy atom. The minimum atomic E-state index is -0.249. The molecule has 2 heterocycles. The van der Waals surface area contributed by atoms with E-state index in [1.807, 2.05) is 49.4 Å². The van der Waals surface area contributed by atoms with E-state index in [2.05, 4.69) is 11.0 Å². The zero-order chi connectivity index (χ0) is 22.0. The van der Waals surface area contributed by atoms with Gasteiger partial charge < -0.3 is 5.73 Å². The highest BCUT2D eigenvalue weighted by molar-refractivity contribution is 6.30. The van der Waals surface area contributed by atoms with Gasteiger partial charge in [0.15, 0.2) is 0 Å². The highest BCUT2D eigenvalue weighted by Crippen LogP contribution is 2.33. The number of hydrogen-bond donors (Lipinski definition) is 1. The number of carbonyl (C=O) groups excluding carboxylic acids is 2. The number of rotatable bonds is 5. The molecule has 1 unspecified atom stereocenters. The number of primary amides is 1. The molecule has 7 heteroatoms. The lowest BCUT2D eigenvalue weighted by atomic mass is 9.96. The molecule has 31 heavy (non-hydrogen) atoms. The van der Waals surface area contributed by atoms with Crippen molar-refractivity contribution < 1.29 is 9.59 Å². The maximum Gasteiger partial charge on any atom is 0.257 e. The van der Waals surface area contributed by atoms with Gasteiger partial charge in [-0.1, -0.05) is 53.6 Å². The van der Waals surface area contributed by atoms with E-state index in [1.54, 1.807) is 5.01 Å². The van der Waals surface area contributed by atoms with Gasteiger partial charge in [0, 0.05) is 17.4 Å². The van der Waals surface area contributed by atoms with Crippen LogP contribution in [0.25, 0.3) is 0 Å². The summed E-state index contributed by atoms with van der Waals surface area (Å²) in [6, 6.07) is 15.6. The summed E-state index contributed by atoms with van der Waals surface area (Å²) in [4.78, 5) is 26.8. The van der Waals surface area contributed by atoms with Crippen molar-refractivity contribution in [3.8, 4) is 0 Å². The first kappa shape index (κ1) is 21.5. The van der Waals surface area contributed by atoms with E-state index in [9.17, 15) is 9.59 Å². The van der Waals surface area contributed by atoms with Crippen LogP contribution in [0.1, 0.15) is 42.0 Å². The minimum absolute atomic E-state index is 0.0415. The number of nitrogens with zero attached hydrogens (tertiary/aromatic N) is 3. The molecule has 0 radical (unpaired) electrons. The molecule has 4 rings (SSSR count). The SMILES string of the molecule is Cc1cccc(C2=NN(C(=O)CN3CCC(C(N)=O)CC3)C(c3ccc(Cl)cc3)C2)c1. The molecular formula is C24H27ClN4O2. The van der Waals surface area contributed by atoms with Gasteiger partial charge >= 0.3 is 0 Å². The summed E-state index contributed by atoms with van der Waals surface area (Å²) in [5.74, 6) is -0.383. The molecule has 0 aliphatic carbocycles. The van der Waals surface area contributed by atoms with E-state index in [0.717, 1.165) is 22.4 Å². The smallest absolute Gasteiger partial charge is 0.257 e. The van der Waals surface area contributed by atoms with Crippen LogP contribution in [0, 0.1) is 12.8 Å². The molecule has 2 amide bonds. The quantitative estimate of drug-likeness (QED) is 0.775. The number of halogens is 1.